The SMILES string of the molecule is N#C/C(=C/c1ccc(OCc2ccccc2)c(I)c1)C(=O)NCc1ccccc1. The number of ether oxygens (including phenoxy) is 1. The second kappa shape index (κ2) is 10.4. The summed E-state index contributed by atoms with van der Waals surface area (Å²) in [5, 5.41) is 12.2. The highest BCUT2D eigenvalue weighted by atomic mass is 127. The maximum atomic E-state index is 12.3. The molecule has 0 aromatic heterocycles. The van der Waals surface area contributed by atoms with Crippen LogP contribution >= 0.6 is 22.6 Å². The molecule has 0 heterocycles. The quantitative estimate of drug-likeness (QED) is 0.283. The van der Waals surface area contributed by atoms with E-state index >= 15 is 0 Å². The van der Waals surface area contributed by atoms with Crippen LogP contribution in [0.4, 0.5) is 0 Å². The van der Waals surface area contributed by atoms with Gasteiger partial charge in [-0.1, -0.05) is 66.7 Å². The lowest BCUT2D eigenvalue weighted by atomic mass is 10.1. The van der Waals surface area contributed by atoms with E-state index in [9.17, 15) is 10.1 Å². The van der Waals surface area contributed by atoms with Gasteiger partial charge in [0.2, 0.25) is 0 Å². The molecule has 0 unspecified atom stereocenters. The Kier molecular flexibility index (Phi) is 7.42. The normalized spacial score (nSPS) is 10.8. The van der Waals surface area contributed by atoms with E-state index in [2.05, 4.69) is 27.9 Å². The summed E-state index contributed by atoms with van der Waals surface area (Å²) >= 11 is 2.19. The molecule has 144 valence electrons. The Morgan fingerprint density at radius 1 is 1.00 bits per heavy atom. The van der Waals surface area contributed by atoms with Gasteiger partial charge in [-0.3, -0.25) is 4.79 Å². The summed E-state index contributed by atoms with van der Waals surface area (Å²) in [6, 6.07) is 27.1. The Hall–Kier alpha value is -3.11. The van der Waals surface area contributed by atoms with Crippen molar-refractivity contribution in [3.05, 3.63) is 105 Å². The fourth-order valence-corrected chi connectivity index (χ4v) is 3.34. The van der Waals surface area contributed by atoms with Crippen LogP contribution in [0.25, 0.3) is 6.08 Å². The molecule has 0 bridgehead atoms. The molecular formula is C24H19IN2O2. The van der Waals surface area contributed by atoms with E-state index in [-0.39, 0.29) is 5.57 Å². The molecule has 5 heteroatoms. The average Bonchev–Trinajstić information content (AvgIpc) is 2.76. The Morgan fingerprint density at radius 2 is 1.66 bits per heavy atom. The molecule has 0 aliphatic carbocycles. The highest BCUT2D eigenvalue weighted by Gasteiger charge is 2.10. The minimum atomic E-state index is -0.393. The molecule has 0 aliphatic rings. The van der Waals surface area contributed by atoms with Gasteiger partial charge in [-0.25, -0.2) is 0 Å². The Labute approximate surface area is 184 Å². The largest absolute Gasteiger partial charge is 0.488 e. The van der Waals surface area contributed by atoms with Crippen LogP contribution in [0.1, 0.15) is 16.7 Å². The van der Waals surface area contributed by atoms with Crippen LogP contribution in [0.15, 0.2) is 84.4 Å². The van der Waals surface area contributed by atoms with Gasteiger partial charge in [0, 0.05) is 6.54 Å². The molecule has 0 saturated heterocycles. The zero-order valence-corrected chi connectivity index (χ0v) is 17.8. The number of nitrogens with zero attached hydrogens (tertiary/aromatic N) is 1. The lowest BCUT2D eigenvalue weighted by Gasteiger charge is -2.09. The van der Waals surface area contributed by atoms with Crippen LogP contribution in [0.2, 0.25) is 0 Å². The van der Waals surface area contributed by atoms with Crippen molar-refractivity contribution in [2.24, 2.45) is 0 Å². The van der Waals surface area contributed by atoms with Crippen molar-refractivity contribution in [1.29, 1.82) is 5.26 Å². The van der Waals surface area contributed by atoms with Crippen molar-refractivity contribution in [3.8, 4) is 11.8 Å². The van der Waals surface area contributed by atoms with Crippen LogP contribution in [0, 0.1) is 14.9 Å². The van der Waals surface area contributed by atoms with E-state index in [0.717, 1.165) is 26.0 Å². The van der Waals surface area contributed by atoms with Crippen LogP contribution in [-0.4, -0.2) is 5.91 Å². The monoisotopic (exact) mass is 494 g/mol. The summed E-state index contributed by atoms with van der Waals surface area (Å²) in [4.78, 5) is 12.3. The van der Waals surface area contributed by atoms with Crippen molar-refractivity contribution in [3.63, 3.8) is 0 Å². The standard InChI is InChI=1S/C24H19IN2O2/c25-22-14-20(11-12-23(22)29-17-19-9-5-2-6-10-19)13-21(15-26)24(28)27-16-18-7-3-1-4-8-18/h1-14H,16-17H2,(H,27,28)/b21-13-. The molecule has 0 atom stereocenters. The smallest absolute Gasteiger partial charge is 0.262 e. The molecule has 0 aliphatic heterocycles. The number of hydrogen-bond acceptors (Lipinski definition) is 3. The molecule has 1 amide bonds. The minimum Gasteiger partial charge on any atom is -0.488 e. The maximum Gasteiger partial charge on any atom is 0.262 e. The second-order valence-electron chi connectivity index (χ2n) is 6.30. The Balaban J connectivity index is 1.65. The fourth-order valence-electron chi connectivity index (χ4n) is 2.65. The first-order valence-corrected chi connectivity index (χ1v) is 10.1. The minimum absolute atomic E-state index is 0.0645. The van der Waals surface area contributed by atoms with Crippen molar-refractivity contribution in [2.45, 2.75) is 13.2 Å². The van der Waals surface area contributed by atoms with Gasteiger partial charge in [0.1, 0.15) is 24.0 Å². The molecule has 4 nitrogen and oxygen atoms in total. The van der Waals surface area contributed by atoms with E-state index in [0.29, 0.717) is 13.2 Å². The van der Waals surface area contributed by atoms with Gasteiger partial charge in [0.05, 0.1) is 3.57 Å². The molecular weight excluding hydrogens is 475 g/mol. The molecule has 0 spiro atoms. The first-order valence-electron chi connectivity index (χ1n) is 9.06. The van der Waals surface area contributed by atoms with E-state index in [4.69, 9.17) is 4.74 Å². The highest BCUT2D eigenvalue weighted by Crippen LogP contribution is 2.24. The third kappa shape index (κ3) is 6.19. The maximum absolute atomic E-state index is 12.3. The molecule has 1 N–H and O–H groups in total. The van der Waals surface area contributed by atoms with Crippen LogP contribution in [0.5, 0.6) is 5.75 Å². The zero-order chi connectivity index (χ0) is 20.5. The fraction of sp³-hybridized carbons (Fsp3) is 0.0833. The number of rotatable bonds is 7. The molecule has 0 fully saturated rings. The van der Waals surface area contributed by atoms with E-state index in [1.54, 1.807) is 6.08 Å². The van der Waals surface area contributed by atoms with Crippen molar-refractivity contribution >= 4 is 34.6 Å². The summed E-state index contributed by atoms with van der Waals surface area (Å²) in [7, 11) is 0. The molecule has 0 saturated carbocycles. The van der Waals surface area contributed by atoms with Gasteiger partial charge in [-0.2, -0.15) is 5.26 Å². The number of halogens is 1. The van der Waals surface area contributed by atoms with Crippen molar-refractivity contribution in [1.82, 2.24) is 5.32 Å². The topological polar surface area (TPSA) is 62.1 Å². The Morgan fingerprint density at radius 3 is 2.28 bits per heavy atom. The summed E-state index contributed by atoms with van der Waals surface area (Å²) < 4.78 is 6.78. The number of carbonyl (C=O) groups excluding carboxylic acids is 1. The van der Waals surface area contributed by atoms with Gasteiger partial charge in [-0.05, 0) is 57.5 Å². The Bertz CT molecular complexity index is 1040. The summed E-state index contributed by atoms with van der Waals surface area (Å²) in [5.41, 5.74) is 2.91. The van der Waals surface area contributed by atoms with Crippen molar-refractivity contribution < 1.29 is 9.53 Å². The number of nitriles is 1. The van der Waals surface area contributed by atoms with Crippen molar-refractivity contribution in [2.75, 3.05) is 0 Å². The first-order chi connectivity index (χ1) is 14.2. The molecule has 3 aromatic carbocycles. The number of nitrogens with one attached hydrogen (secondary N) is 1. The van der Waals surface area contributed by atoms with Gasteiger partial charge >= 0.3 is 0 Å². The average molecular weight is 494 g/mol. The van der Waals surface area contributed by atoms with E-state index < -0.39 is 5.91 Å². The van der Waals surface area contributed by atoms with Gasteiger partial charge in [0.25, 0.3) is 5.91 Å². The lowest BCUT2D eigenvalue weighted by molar-refractivity contribution is -0.117. The predicted octanol–water partition coefficient (Wildman–Crippen LogP) is 5.09. The van der Waals surface area contributed by atoms with Gasteiger partial charge < -0.3 is 10.1 Å². The summed E-state index contributed by atoms with van der Waals surface area (Å²) in [6.07, 6.45) is 1.59. The number of benzene rings is 3. The van der Waals surface area contributed by atoms with Crippen LogP contribution in [-0.2, 0) is 17.9 Å². The predicted molar refractivity (Wildman–Crippen MR) is 122 cm³/mol. The molecule has 3 rings (SSSR count). The van der Waals surface area contributed by atoms with Gasteiger partial charge in [0.15, 0.2) is 0 Å². The van der Waals surface area contributed by atoms with Crippen LogP contribution < -0.4 is 10.1 Å². The molecule has 3 aromatic rings. The number of hydrogen-bond donors (Lipinski definition) is 1. The number of amides is 1. The summed E-state index contributed by atoms with van der Waals surface area (Å²) in [5.74, 6) is 0.370. The van der Waals surface area contributed by atoms with Gasteiger partial charge in [-0.15, -0.1) is 0 Å². The zero-order valence-electron chi connectivity index (χ0n) is 15.6. The highest BCUT2D eigenvalue weighted by molar-refractivity contribution is 14.1. The summed E-state index contributed by atoms with van der Waals surface area (Å²) in [6.45, 7) is 0.861. The van der Waals surface area contributed by atoms with E-state index in [1.165, 1.54) is 0 Å². The molecule has 0 radical (unpaired) electrons. The van der Waals surface area contributed by atoms with E-state index in [1.807, 2.05) is 84.9 Å². The first kappa shape index (κ1) is 20.6. The number of carbonyl (C=O) groups is 1. The lowest BCUT2D eigenvalue weighted by Crippen LogP contribution is -2.23. The third-order valence-electron chi connectivity index (χ3n) is 4.17. The molecule has 29 heavy (non-hydrogen) atoms. The third-order valence-corrected chi connectivity index (χ3v) is 5.01. The van der Waals surface area contributed by atoms with Crippen LogP contribution in [0.3, 0.4) is 0 Å². The second-order valence-corrected chi connectivity index (χ2v) is 7.46.